The highest BCUT2D eigenvalue weighted by molar-refractivity contribution is 6.09. The van der Waals surface area contributed by atoms with E-state index in [9.17, 15) is 9.18 Å². The molecule has 1 unspecified atom stereocenters. The summed E-state index contributed by atoms with van der Waals surface area (Å²) < 4.78 is 13.3. The van der Waals surface area contributed by atoms with Gasteiger partial charge in [-0.25, -0.2) is 4.39 Å². The third kappa shape index (κ3) is 2.83. The molecule has 0 aromatic heterocycles. The van der Waals surface area contributed by atoms with Gasteiger partial charge in [0.2, 0.25) is 6.10 Å². The Kier molecular flexibility index (Phi) is 3.87. The molecule has 22 heavy (non-hydrogen) atoms. The monoisotopic (exact) mass is 298 g/mol. The van der Waals surface area contributed by atoms with Gasteiger partial charge in [0.05, 0.1) is 0 Å². The van der Waals surface area contributed by atoms with Crippen LogP contribution < -0.4 is 0 Å². The van der Waals surface area contributed by atoms with Crippen LogP contribution in [0.15, 0.2) is 59.8 Å². The van der Waals surface area contributed by atoms with E-state index in [4.69, 9.17) is 4.84 Å². The lowest BCUT2D eigenvalue weighted by Gasteiger charge is -2.28. The van der Waals surface area contributed by atoms with Gasteiger partial charge in [-0.05, 0) is 17.7 Å². The molecular formula is C17H15FN2O2. The third-order valence-corrected chi connectivity index (χ3v) is 3.54. The molecule has 1 aliphatic heterocycles. The summed E-state index contributed by atoms with van der Waals surface area (Å²) in [5.41, 5.74) is 1.51. The van der Waals surface area contributed by atoms with Crippen molar-refractivity contribution < 1.29 is 14.0 Å². The smallest absolute Gasteiger partial charge is 0.272 e. The van der Waals surface area contributed by atoms with Crippen molar-refractivity contribution in [3.63, 3.8) is 0 Å². The largest absolute Gasteiger partial charge is 0.380 e. The summed E-state index contributed by atoms with van der Waals surface area (Å²) in [5, 5.41) is 4.00. The third-order valence-electron chi connectivity index (χ3n) is 3.54. The topological polar surface area (TPSA) is 41.9 Å². The fourth-order valence-corrected chi connectivity index (χ4v) is 2.37. The first-order valence-electron chi connectivity index (χ1n) is 6.96. The van der Waals surface area contributed by atoms with Crippen LogP contribution in [0.1, 0.15) is 11.1 Å². The Morgan fingerprint density at radius 2 is 1.95 bits per heavy atom. The number of amidine groups is 1. The summed E-state index contributed by atoms with van der Waals surface area (Å²) in [4.78, 5) is 19.2. The van der Waals surface area contributed by atoms with E-state index >= 15 is 0 Å². The maximum atomic E-state index is 13.3. The normalized spacial score (nSPS) is 17.9. The van der Waals surface area contributed by atoms with E-state index in [-0.39, 0.29) is 11.7 Å². The number of amides is 1. The molecule has 2 aromatic rings. The van der Waals surface area contributed by atoms with Crippen LogP contribution in [0.2, 0.25) is 0 Å². The van der Waals surface area contributed by atoms with Gasteiger partial charge in [-0.15, -0.1) is 0 Å². The van der Waals surface area contributed by atoms with E-state index in [1.807, 2.05) is 30.3 Å². The summed E-state index contributed by atoms with van der Waals surface area (Å²) in [5.74, 6) is -0.264. The van der Waals surface area contributed by atoms with Crippen molar-refractivity contribution in [2.45, 2.75) is 12.5 Å². The molecule has 0 aliphatic carbocycles. The summed E-state index contributed by atoms with van der Waals surface area (Å²) in [6.45, 7) is 0. The van der Waals surface area contributed by atoms with Gasteiger partial charge >= 0.3 is 0 Å². The summed E-state index contributed by atoms with van der Waals surface area (Å²) >= 11 is 0. The minimum atomic E-state index is -0.662. The van der Waals surface area contributed by atoms with Crippen molar-refractivity contribution >= 4 is 11.7 Å². The second kappa shape index (κ2) is 5.97. The van der Waals surface area contributed by atoms with Crippen molar-refractivity contribution in [1.82, 2.24) is 4.90 Å². The van der Waals surface area contributed by atoms with Crippen LogP contribution in [-0.4, -0.2) is 29.8 Å². The van der Waals surface area contributed by atoms with E-state index in [0.717, 1.165) is 5.56 Å². The number of benzene rings is 2. The molecule has 112 valence electrons. The summed E-state index contributed by atoms with van der Waals surface area (Å²) in [7, 11) is 1.62. The van der Waals surface area contributed by atoms with Gasteiger partial charge in [-0.1, -0.05) is 47.6 Å². The molecule has 0 saturated heterocycles. The second-order valence-electron chi connectivity index (χ2n) is 5.11. The first-order chi connectivity index (χ1) is 10.6. The van der Waals surface area contributed by atoms with Crippen LogP contribution >= 0.6 is 0 Å². The minimum absolute atomic E-state index is 0.196. The fourth-order valence-electron chi connectivity index (χ4n) is 2.37. The van der Waals surface area contributed by atoms with Crippen molar-refractivity contribution in [3.8, 4) is 0 Å². The number of hydrogen-bond donors (Lipinski definition) is 0. The van der Waals surface area contributed by atoms with Gasteiger partial charge < -0.3 is 4.84 Å². The predicted octanol–water partition coefficient (Wildman–Crippen LogP) is 2.59. The molecule has 1 aliphatic rings. The molecule has 1 amide bonds. The molecule has 4 nitrogen and oxygen atoms in total. The predicted molar refractivity (Wildman–Crippen MR) is 80.7 cm³/mol. The van der Waals surface area contributed by atoms with E-state index in [1.165, 1.54) is 17.0 Å². The number of carbonyl (C=O) groups excluding carboxylic acids is 1. The van der Waals surface area contributed by atoms with Crippen molar-refractivity contribution in [2.24, 2.45) is 5.16 Å². The maximum absolute atomic E-state index is 13.3. The van der Waals surface area contributed by atoms with E-state index in [1.54, 1.807) is 19.2 Å². The molecule has 0 saturated carbocycles. The Labute approximate surface area is 127 Å². The molecule has 0 spiro atoms. The van der Waals surface area contributed by atoms with Crippen LogP contribution in [-0.2, 0) is 16.1 Å². The number of carbonyl (C=O) groups is 1. The number of halogens is 1. The van der Waals surface area contributed by atoms with Crippen LogP contribution in [0.25, 0.3) is 0 Å². The van der Waals surface area contributed by atoms with Crippen LogP contribution in [0.4, 0.5) is 4.39 Å². The van der Waals surface area contributed by atoms with Gasteiger partial charge in [0, 0.05) is 19.0 Å². The standard InChI is InChI=1S/C17H15FN2O2/c1-20-16(13-8-5-9-14(18)11-13)19-22-15(17(20)21)10-12-6-3-2-4-7-12/h2-9,11,15H,10H2,1H3. The number of likely N-dealkylation sites (N-methyl/N-ethyl adjacent to an activating group) is 1. The van der Waals surface area contributed by atoms with E-state index < -0.39 is 6.10 Å². The van der Waals surface area contributed by atoms with Gasteiger partial charge in [0.1, 0.15) is 5.82 Å². The number of rotatable bonds is 3. The Bertz CT molecular complexity index is 716. The van der Waals surface area contributed by atoms with Crippen LogP contribution in [0.5, 0.6) is 0 Å². The van der Waals surface area contributed by atoms with Crippen LogP contribution in [0, 0.1) is 5.82 Å². The Morgan fingerprint density at radius 3 is 2.68 bits per heavy atom. The highest BCUT2D eigenvalue weighted by atomic mass is 19.1. The molecule has 0 fully saturated rings. The Morgan fingerprint density at radius 1 is 1.18 bits per heavy atom. The zero-order valence-electron chi connectivity index (χ0n) is 12.1. The summed E-state index contributed by atoms with van der Waals surface area (Å²) in [6, 6.07) is 15.5. The van der Waals surface area contributed by atoms with Gasteiger partial charge in [0.25, 0.3) is 5.91 Å². The molecule has 5 heteroatoms. The second-order valence-corrected chi connectivity index (χ2v) is 5.11. The highest BCUT2D eigenvalue weighted by Crippen LogP contribution is 2.17. The maximum Gasteiger partial charge on any atom is 0.272 e. The van der Waals surface area contributed by atoms with Crippen molar-refractivity contribution in [2.75, 3.05) is 7.05 Å². The average molecular weight is 298 g/mol. The van der Waals surface area contributed by atoms with Gasteiger partial charge in [0.15, 0.2) is 5.84 Å². The molecule has 0 bridgehead atoms. The van der Waals surface area contributed by atoms with Crippen molar-refractivity contribution in [3.05, 3.63) is 71.5 Å². The lowest BCUT2D eigenvalue weighted by molar-refractivity contribution is -0.141. The zero-order chi connectivity index (χ0) is 15.5. The first kappa shape index (κ1) is 14.3. The van der Waals surface area contributed by atoms with E-state index in [0.29, 0.717) is 17.8 Å². The fraction of sp³-hybridized carbons (Fsp3) is 0.176. The number of nitrogens with zero attached hydrogens (tertiary/aromatic N) is 2. The SMILES string of the molecule is CN1C(=O)C(Cc2ccccc2)ON=C1c1cccc(F)c1. The Hall–Kier alpha value is -2.69. The lowest BCUT2D eigenvalue weighted by atomic mass is 10.1. The number of hydrogen-bond acceptors (Lipinski definition) is 3. The van der Waals surface area contributed by atoms with Crippen LogP contribution in [0.3, 0.4) is 0 Å². The molecule has 2 aromatic carbocycles. The highest BCUT2D eigenvalue weighted by Gasteiger charge is 2.32. The molecule has 1 atom stereocenters. The lowest BCUT2D eigenvalue weighted by Crippen LogP contribution is -2.46. The van der Waals surface area contributed by atoms with Crippen molar-refractivity contribution in [1.29, 1.82) is 0 Å². The molecule has 0 radical (unpaired) electrons. The summed E-state index contributed by atoms with van der Waals surface area (Å²) in [6.07, 6.45) is -0.214. The quantitative estimate of drug-likeness (QED) is 0.874. The van der Waals surface area contributed by atoms with Gasteiger partial charge in [-0.2, -0.15) is 0 Å². The first-order valence-corrected chi connectivity index (χ1v) is 6.96. The minimum Gasteiger partial charge on any atom is -0.380 e. The molecule has 3 rings (SSSR count). The molecular weight excluding hydrogens is 283 g/mol. The Balaban J connectivity index is 1.82. The van der Waals surface area contributed by atoms with E-state index in [2.05, 4.69) is 5.16 Å². The zero-order valence-corrected chi connectivity index (χ0v) is 12.1. The molecule has 1 heterocycles. The average Bonchev–Trinajstić information content (AvgIpc) is 2.53. The number of oxime groups is 1. The van der Waals surface area contributed by atoms with Gasteiger partial charge in [-0.3, -0.25) is 9.69 Å². The molecule has 0 N–H and O–H groups in total.